The van der Waals surface area contributed by atoms with Crippen LogP contribution < -0.4 is 5.73 Å². The molecular weight excluding hydrogens is 212 g/mol. The van der Waals surface area contributed by atoms with Crippen molar-refractivity contribution < 1.29 is 4.79 Å². The summed E-state index contributed by atoms with van der Waals surface area (Å²) in [5.74, 6) is 2.78. The molecule has 1 aliphatic carbocycles. The molecule has 1 fully saturated rings. The molecule has 0 spiro atoms. The number of nitrogens with two attached hydrogens (primary N) is 1. The molecule has 3 unspecified atom stereocenters. The van der Waals surface area contributed by atoms with E-state index in [0.29, 0.717) is 24.8 Å². The van der Waals surface area contributed by atoms with Crippen LogP contribution in [-0.4, -0.2) is 30.9 Å². The summed E-state index contributed by atoms with van der Waals surface area (Å²) >= 11 is 0. The minimum atomic E-state index is 0.264. The van der Waals surface area contributed by atoms with E-state index in [1.165, 1.54) is 6.42 Å². The Morgan fingerprint density at radius 1 is 1.47 bits per heavy atom. The molecule has 0 radical (unpaired) electrons. The predicted octanol–water partition coefficient (Wildman–Crippen LogP) is 2.11. The van der Waals surface area contributed by atoms with Crippen LogP contribution >= 0.6 is 0 Å². The van der Waals surface area contributed by atoms with Gasteiger partial charge in [0.25, 0.3) is 0 Å². The Morgan fingerprint density at radius 3 is 2.47 bits per heavy atom. The minimum Gasteiger partial charge on any atom is -0.345 e. The standard InChI is InChI=1S/C14H28N2O/c1-10(2)5-12(8-15)7-14(17)16(4)9-13-6-11(13)3/h10-13H,5-9,15H2,1-4H3. The monoisotopic (exact) mass is 240 g/mol. The van der Waals surface area contributed by atoms with Crippen molar-refractivity contribution in [2.24, 2.45) is 29.4 Å². The lowest BCUT2D eigenvalue weighted by atomic mass is 9.94. The molecule has 0 aromatic rings. The number of carbonyl (C=O) groups is 1. The van der Waals surface area contributed by atoms with Gasteiger partial charge >= 0.3 is 0 Å². The molecule has 17 heavy (non-hydrogen) atoms. The minimum absolute atomic E-state index is 0.264. The summed E-state index contributed by atoms with van der Waals surface area (Å²) < 4.78 is 0. The highest BCUT2D eigenvalue weighted by atomic mass is 16.2. The number of carbonyl (C=O) groups excluding carboxylic acids is 1. The lowest BCUT2D eigenvalue weighted by molar-refractivity contribution is -0.131. The molecule has 0 bridgehead atoms. The molecule has 3 nitrogen and oxygen atoms in total. The van der Waals surface area contributed by atoms with Gasteiger partial charge in [-0.2, -0.15) is 0 Å². The van der Waals surface area contributed by atoms with E-state index < -0.39 is 0 Å². The first kappa shape index (κ1) is 14.5. The normalized spacial score (nSPS) is 24.8. The Labute approximate surface area is 106 Å². The largest absolute Gasteiger partial charge is 0.345 e. The van der Waals surface area contributed by atoms with Crippen molar-refractivity contribution in [1.29, 1.82) is 0 Å². The van der Waals surface area contributed by atoms with Crippen LogP contribution in [0.2, 0.25) is 0 Å². The molecule has 0 heterocycles. The third kappa shape index (κ3) is 5.07. The van der Waals surface area contributed by atoms with E-state index in [4.69, 9.17) is 5.73 Å². The van der Waals surface area contributed by atoms with Gasteiger partial charge in [-0.25, -0.2) is 0 Å². The van der Waals surface area contributed by atoms with Gasteiger partial charge in [0.2, 0.25) is 5.91 Å². The Hall–Kier alpha value is -0.570. The van der Waals surface area contributed by atoms with Crippen LogP contribution in [0, 0.1) is 23.7 Å². The highest BCUT2D eigenvalue weighted by Crippen LogP contribution is 2.38. The molecule has 1 rings (SSSR count). The first-order valence-electron chi connectivity index (χ1n) is 6.88. The third-order valence-electron chi connectivity index (χ3n) is 3.81. The fourth-order valence-corrected chi connectivity index (χ4v) is 2.44. The highest BCUT2D eigenvalue weighted by molar-refractivity contribution is 5.76. The molecule has 0 aromatic carbocycles. The van der Waals surface area contributed by atoms with E-state index in [9.17, 15) is 4.79 Å². The zero-order valence-electron chi connectivity index (χ0n) is 11.8. The summed E-state index contributed by atoms with van der Waals surface area (Å²) in [6, 6.07) is 0. The molecule has 2 N–H and O–H groups in total. The number of amides is 1. The van der Waals surface area contributed by atoms with Crippen LogP contribution in [0.1, 0.15) is 40.0 Å². The van der Waals surface area contributed by atoms with E-state index in [1.807, 2.05) is 11.9 Å². The second kappa shape index (κ2) is 6.39. The predicted molar refractivity (Wildman–Crippen MR) is 71.5 cm³/mol. The summed E-state index contributed by atoms with van der Waals surface area (Å²) in [5, 5.41) is 0. The van der Waals surface area contributed by atoms with Crippen LogP contribution in [0.15, 0.2) is 0 Å². The van der Waals surface area contributed by atoms with Crippen LogP contribution in [0.5, 0.6) is 0 Å². The highest BCUT2D eigenvalue weighted by Gasteiger charge is 2.34. The Morgan fingerprint density at radius 2 is 2.06 bits per heavy atom. The van der Waals surface area contributed by atoms with Crippen molar-refractivity contribution in [3.8, 4) is 0 Å². The number of hydrogen-bond acceptors (Lipinski definition) is 2. The molecular formula is C14H28N2O. The summed E-state index contributed by atoms with van der Waals surface area (Å²) in [4.78, 5) is 13.9. The van der Waals surface area contributed by atoms with E-state index in [0.717, 1.165) is 24.8 Å². The second-order valence-electron chi connectivity index (χ2n) is 6.18. The van der Waals surface area contributed by atoms with Gasteiger partial charge in [-0.15, -0.1) is 0 Å². The molecule has 1 aliphatic rings. The summed E-state index contributed by atoms with van der Waals surface area (Å²) in [6.45, 7) is 8.17. The fourth-order valence-electron chi connectivity index (χ4n) is 2.44. The van der Waals surface area contributed by atoms with Crippen molar-refractivity contribution >= 4 is 5.91 Å². The van der Waals surface area contributed by atoms with Crippen LogP contribution in [-0.2, 0) is 4.79 Å². The van der Waals surface area contributed by atoms with E-state index >= 15 is 0 Å². The summed E-state index contributed by atoms with van der Waals surface area (Å²) in [6.07, 6.45) is 2.95. The van der Waals surface area contributed by atoms with Gasteiger partial charge in [0.1, 0.15) is 0 Å². The van der Waals surface area contributed by atoms with Crippen molar-refractivity contribution in [1.82, 2.24) is 4.90 Å². The number of hydrogen-bond donors (Lipinski definition) is 1. The van der Waals surface area contributed by atoms with E-state index in [-0.39, 0.29) is 5.91 Å². The fraction of sp³-hybridized carbons (Fsp3) is 0.929. The van der Waals surface area contributed by atoms with Gasteiger partial charge in [0.05, 0.1) is 0 Å². The molecule has 0 aliphatic heterocycles. The lowest BCUT2D eigenvalue weighted by Crippen LogP contribution is -2.32. The first-order chi connectivity index (χ1) is 7.93. The Bertz CT molecular complexity index is 253. The van der Waals surface area contributed by atoms with Gasteiger partial charge in [0.15, 0.2) is 0 Å². The molecule has 1 saturated carbocycles. The molecule has 0 saturated heterocycles. The average Bonchev–Trinajstić information content (AvgIpc) is 2.92. The quantitative estimate of drug-likeness (QED) is 0.741. The van der Waals surface area contributed by atoms with Crippen molar-refractivity contribution in [2.75, 3.05) is 20.1 Å². The number of rotatable bonds is 7. The second-order valence-corrected chi connectivity index (χ2v) is 6.18. The van der Waals surface area contributed by atoms with Crippen molar-refractivity contribution in [3.05, 3.63) is 0 Å². The van der Waals surface area contributed by atoms with Gasteiger partial charge in [-0.3, -0.25) is 4.79 Å². The Kier molecular flexibility index (Phi) is 5.44. The van der Waals surface area contributed by atoms with Gasteiger partial charge < -0.3 is 10.6 Å². The Balaban J connectivity index is 2.30. The maximum absolute atomic E-state index is 12.0. The molecule has 3 atom stereocenters. The topological polar surface area (TPSA) is 46.3 Å². The summed E-state index contributed by atoms with van der Waals surface area (Å²) in [7, 11) is 1.93. The third-order valence-corrected chi connectivity index (χ3v) is 3.81. The van der Waals surface area contributed by atoms with Crippen LogP contribution in [0.25, 0.3) is 0 Å². The molecule has 3 heteroatoms. The van der Waals surface area contributed by atoms with Gasteiger partial charge in [0, 0.05) is 20.0 Å². The maximum atomic E-state index is 12.0. The first-order valence-corrected chi connectivity index (χ1v) is 6.88. The smallest absolute Gasteiger partial charge is 0.222 e. The molecule has 0 aromatic heterocycles. The van der Waals surface area contributed by atoms with Gasteiger partial charge in [-0.1, -0.05) is 20.8 Å². The van der Waals surface area contributed by atoms with Crippen molar-refractivity contribution in [3.63, 3.8) is 0 Å². The zero-order chi connectivity index (χ0) is 13.0. The van der Waals surface area contributed by atoms with Crippen LogP contribution in [0.4, 0.5) is 0 Å². The average molecular weight is 240 g/mol. The summed E-state index contributed by atoms with van der Waals surface area (Å²) in [5.41, 5.74) is 5.73. The maximum Gasteiger partial charge on any atom is 0.222 e. The van der Waals surface area contributed by atoms with Gasteiger partial charge in [-0.05, 0) is 43.1 Å². The van der Waals surface area contributed by atoms with Crippen molar-refractivity contribution in [2.45, 2.75) is 40.0 Å². The lowest BCUT2D eigenvalue weighted by Gasteiger charge is -2.22. The number of nitrogens with zero attached hydrogens (tertiary/aromatic N) is 1. The van der Waals surface area contributed by atoms with E-state index in [1.54, 1.807) is 0 Å². The van der Waals surface area contributed by atoms with E-state index in [2.05, 4.69) is 20.8 Å². The van der Waals surface area contributed by atoms with Crippen LogP contribution in [0.3, 0.4) is 0 Å². The zero-order valence-corrected chi connectivity index (χ0v) is 11.8. The molecule has 100 valence electrons. The SMILES string of the molecule is CC(C)CC(CN)CC(=O)N(C)CC1CC1C. The molecule has 1 amide bonds.